The Morgan fingerprint density at radius 3 is 3.07 bits per heavy atom. The second-order valence-corrected chi connectivity index (χ2v) is 5.99. The van der Waals surface area contributed by atoms with E-state index in [4.69, 9.17) is 11.6 Å². The SMILES string of the molecule is CN1C2C=C(c3ncc(Cl)s3)CC1CC2. The third-order valence-electron chi connectivity index (χ3n) is 3.50. The molecule has 2 atom stereocenters. The van der Waals surface area contributed by atoms with Gasteiger partial charge in [-0.15, -0.1) is 11.3 Å². The number of nitrogens with zero attached hydrogens (tertiary/aromatic N) is 2. The first-order valence-electron chi connectivity index (χ1n) is 5.28. The average molecular weight is 241 g/mol. The zero-order valence-electron chi connectivity index (χ0n) is 8.61. The summed E-state index contributed by atoms with van der Waals surface area (Å²) in [5.41, 5.74) is 1.40. The van der Waals surface area contributed by atoms with Crippen molar-refractivity contribution in [2.24, 2.45) is 0 Å². The van der Waals surface area contributed by atoms with E-state index in [-0.39, 0.29) is 0 Å². The number of hydrogen-bond donors (Lipinski definition) is 0. The van der Waals surface area contributed by atoms with E-state index in [0.29, 0.717) is 6.04 Å². The van der Waals surface area contributed by atoms with Gasteiger partial charge in [-0.05, 0) is 31.9 Å². The molecule has 0 aromatic carbocycles. The summed E-state index contributed by atoms with van der Waals surface area (Å²) in [5.74, 6) is 0. The van der Waals surface area contributed by atoms with Crippen molar-refractivity contribution in [3.05, 3.63) is 21.6 Å². The Morgan fingerprint density at radius 2 is 2.40 bits per heavy atom. The molecule has 2 aliphatic rings. The minimum absolute atomic E-state index is 0.626. The van der Waals surface area contributed by atoms with Crippen molar-refractivity contribution in [2.45, 2.75) is 31.3 Å². The van der Waals surface area contributed by atoms with E-state index in [0.717, 1.165) is 21.8 Å². The second-order valence-electron chi connectivity index (χ2n) is 4.33. The van der Waals surface area contributed by atoms with Crippen LogP contribution in [0.25, 0.3) is 5.57 Å². The van der Waals surface area contributed by atoms with Gasteiger partial charge < -0.3 is 0 Å². The van der Waals surface area contributed by atoms with E-state index in [2.05, 4.69) is 23.0 Å². The molecule has 1 saturated heterocycles. The topological polar surface area (TPSA) is 16.1 Å². The lowest BCUT2D eigenvalue weighted by Crippen LogP contribution is -2.34. The summed E-state index contributed by atoms with van der Waals surface area (Å²) in [5, 5.41) is 1.12. The monoisotopic (exact) mass is 240 g/mol. The summed E-state index contributed by atoms with van der Waals surface area (Å²) in [6.45, 7) is 0. The molecule has 0 N–H and O–H groups in total. The summed E-state index contributed by atoms with van der Waals surface area (Å²) in [4.78, 5) is 6.85. The molecule has 2 nitrogen and oxygen atoms in total. The number of hydrogen-bond acceptors (Lipinski definition) is 3. The van der Waals surface area contributed by atoms with Crippen LogP contribution < -0.4 is 0 Å². The molecule has 2 aliphatic heterocycles. The molecule has 1 aromatic rings. The molecule has 0 saturated carbocycles. The second kappa shape index (κ2) is 3.58. The van der Waals surface area contributed by atoms with Crippen LogP contribution in [0.3, 0.4) is 0 Å². The van der Waals surface area contributed by atoms with Crippen LogP contribution in [-0.2, 0) is 0 Å². The van der Waals surface area contributed by atoms with Crippen LogP contribution in [0, 0.1) is 0 Å². The summed E-state index contributed by atoms with van der Waals surface area (Å²) in [6.07, 6.45) is 7.88. The van der Waals surface area contributed by atoms with Crippen LogP contribution in [0.2, 0.25) is 4.34 Å². The zero-order chi connectivity index (χ0) is 10.4. The van der Waals surface area contributed by atoms with E-state index in [1.807, 2.05) is 0 Å². The van der Waals surface area contributed by atoms with E-state index >= 15 is 0 Å². The Kier molecular flexibility index (Phi) is 2.34. The maximum atomic E-state index is 5.92. The van der Waals surface area contributed by atoms with Crippen molar-refractivity contribution in [2.75, 3.05) is 7.05 Å². The molecular formula is C11H13ClN2S. The molecule has 0 spiro atoms. The number of likely N-dealkylation sites (N-methyl/N-ethyl adjacent to an activating group) is 1. The minimum Gasteiger partial charge on any atom is -0.297 e. The van der Waals surface area contributed by atoms with E-state index in [1.165, 1.54) is 18.4 Å². The van der Waals surface area contributed by atoms with Gasteiger partial charge in [0.05, 0.1) is 6.20 Å². The molecule has 0 aliphatic carbocycles. The lowest BCUT2D eigenvalue weighted by Gasteiger charge is -2.29. The summed E-state index contributed by atoms with van der Waals surface area (Å²) in [6, 6.07) is 1.35. The number of thiazole rings is 1. The minimum atomic E-state index is 0.626. The maximum Gasteiger partial charge on any atom is 0.120 e. The molecule has 1 fully saturated rings. The fourth-order valence-electron chi connectivity index (χ4n) is 2.60. The summed E-state index contributed by atoms with van der Waals surface area (Å²) < 4.78 is 0.789. The van der Waals surface area contributed by atoms with Crippen molar-refractivity contribution in [1.29, 1.82) is 0 Å². The molecule has 0 radical (unpaired) electrons. The third kappa shape index (κ3) is 1.63. The van der Waals surface area contributed by atoms with Crippen molar-refractivity contribution >= 4 is 28.5 Å². The smallest absolute Gasteiger partial charge is 0.120 e. The first-order chi connectivity index (χ1) is 7.24. The van der Waals surface area contributed by atoms with Crippen LogP contribution in [0.15, 0.2) is 12.3 Å². The number of halogens is 1. The van der Waals surface area contributed by atoms with Gasteiger partial charge in [0.25, 0.3) is 0 Å². The van der Waals surface area contributed by atoms with Gasteiger partial charge in [-0.25, -0.2) is 4.98 Å². The van der Waals surface area contributed by atoms with Gasteiger partial charge in [0, 0.05) is 12.1 Å². The van der Waals surface area contributed by atoms with Gasteiger partial charge in [0.15, 0.2) is 0 Å². The van der Waals surface area contributed by atoms with Crippen LogP contribution in [0.4, 0.5) is 0 Å². The highest BCUT2D eigenvalue weighted by atomic mass is 35.5. The Hall–Kier alpha value is -0.380. The van der Waals surface area contributed by atoms with Gasteiger partial charge in [-0.3, -0.25) is 4.90 Å². The third-order valence-corrected chi connectivity index (χ3v) is 4.69. The van der Waals surface area contributed by atoms with Crippen molar-refractivity contribution in [3.63, 3.8) is 0 Å². The largest absolute Gasteiger partial charge is 0.297 e. The summed E-state index contributed by atoms with van der Waals surface area (Å²) >= 11 is 7.51. The molecular weight excluding hydrogens is 228 g/mol. The van der Waals surface area contributed by atoms with Crippen LogP contribution in [0.5, 0.6) is 0 Å². The van der Waals surface area contributed by atoms with Gasteiger partial charge in [-0.2, -0.15) is 0 Å². The van der Waals surface area contributed by atoms with Gasteiger partial charge in [0.1, 0.15) is 9.34 Å². The van der Waals surface area contributed by atoms with Gasteiger partial charge in [-0.1, -0.05) is 17.7 Å². The number of rotatable bonds is 1. The normalized spacial score (nSPS) is 30.7. The highest BCUT2D eigenvalue weighted by Crippen LogP contribution is 2.38. The molecule has 80 valence electrons. The highest BCUT2D eigenvalue weighted by Gasteiger charge is 2.34. The predicted octanol–water partition coefficient (Wildman–Crippen LogP) is 3.05. The molecule has 2 bridgehead atoms. The fraction of sp³-hybridized carbons (Fsp3) is 0.545. The molecule has 2 unspecified atom stereocenters. The lowest BCUT2D eigenvalue weighted by atomic mass is 10.0. The van der Waals surface area contributed by atoms with E-state index in [9.17, 15) is 0 Å². The first kappa shape index (κ1) is 9.82. The quantitative estimate of drug-likeness (QED) is 0.750. The van der Waals surface area contributed by atoms with Crippen molar-refractivity contribution in [1.82, 2.24) is 9.88 Å². The number of fused-ring (bicyclic) bond motifs is 2. The molecule has 15 heavy (non-hydrogen) atoms. The van der Waals surface area contributed by atoms with Crippen LogP contribution >= 0.6 is 22.9 Å². The summed E-state index contributed by atoms with van der Waals surface area (Å²) in [7, 11) is 2.23. The van der Waals surface area contributed by atoms with E-state index in [1.54, 1.807) is 17.5 Å². The standard InChI is InChI=1S/C11H13ClN2S/c1-14-8-2-3-9(14)5-7(4-8)11-13-6-10(12)15-11/h4,6,8-9H,2-3,5H2,1H3. The van der Waals surface area contributed by atoms with Crippen molar-refractivity contribution < 1.29 is 0 Å². The predicted molar refractivity (Wildman–Crippen MR) is 64.3 cm³/mol. The Balaban J connectivity index is 1.93. The molecule has 4 heteroatoms. The fourth-order valence-corrected chi connectivity index (χ4v) is 3.55. The maximum absolute atomic E-state index is 5.92. The Morgan fingerprint density at radius 1 is 1.53 bits per heavy atom. The van der Waals surface area contributed by atoms with E-state index < -0.39 is 0 Å². The van der Waals surface area contributed by atoms with Gasteiger partial charge in [0.2, 0.25) is 0 Å². The van der Waals surface area contributed by atoms with Crippen LogP contribution in [0.1, 0.15) is 24.3 Å². The van der Waals surface area contributed by atoms with Crippen LogP contribution in [-0.4, -0.2) is 29.0 Å². The number of aromatic nitrogens is 1. The zero-order valence-corrected chi connectivity index (χ0v) is 10.2. The molecule has 3 heterocycles. The average Bonchev–Trinajstić information content (AvgIpc) is 2.70. The van der Waals surface area contributed by atoms with Gasteiger partial charge >= 0.3 is 0 Å². The van der Waals surface area contributed by atoms with Crippen molar-refractivity contribution in [3.8, 4) is 0 Å². The molecule has 3 rings (SSSR count). The Bertz CT molecular complexity index is 412. The Labute approximate surface area is 98.6 Å². The molecule has 1 aromatic heterocycles. The highest BCUT2D eigenvalue weighted by molar-refractivity contribution is 7.16. The first-order valence-corrected chi connectivity index (χ1v) is 6.48. The lowest BCUT2D eigenvalue weighted by molar-refractivity contribution is 0.264. The molecule has 0 amide bonds.